The predicted molar refractivity (Wildman–Crippen MR) is 69.8 cm³/mol. The highest BCUT2D eigenvalue weighted by atomic mass is 32.2. The minimum Gasteiger partial charge on any atom is -0.354 e. The maximum atomic E-state index is 12.8. The van der Waals surface area contributed by atoms with Crippen molar-refractivity contribution in [2.24, 2.45) is 0 Å². The average Bonchev–Trinajstić information content (AvgIpc) is 2.88. The number of alkyl halides is 3. The second kappa shape index (κ2) is 6.35. The summed E-state index contributed by atoms with van der Waals surface area (Å²) in [4.78, 5) is 11.4. The van der Waals surface area contributed by atoms with Crippen molar-refractivity contribution in [1.82, 2.24) is 19.3 Å². The molecule has 20 heavy (non-hydrogen) atoms. The summed E-state index contributed by atoms with van der Waals surface area (Å²) in [6.07, 6.45) is -2.41. The van der Waals surface area contributed by atoms with Crippen LogP contribution in [0.5, 0.6) is 0 Å². The first-order valence-electron chi connectivity index (χ1n) is 5.63. The molecule has 2 aromatic heterocycles. The van der Waals surface area contributed by atoms with Gasteiger partial charge in [0.05, 0.1) is 0 Å². The van der Waals surface area contributed by atoms with Crippen LogP contribution >= 0.6 is 23.3 Å². The highest BCUT2D eigenvalue weighted by Crippen LogP contribution is 2.33. The first kappa shape index (κ1) is 15.0. The van der Waals surface area contributed by atoms with Crippen LogP contribution < -0.4 is 5.32 Å². The Labute approximate surface area is 121 Å². The topological polar surface area (TPSA) is 63.6 Å². The lowest BCUT2D eigenvalue weighted by Crippen LogP contribution is -2.12. The first-order chi connectivity index (χ1) is 9.49. The zero-order chi connectivity index (χ0) is 14.6. The molecule has 2 rings (SSSR count). The molecule has 0 saturated carbocycles. The van der Waals surface area contributed by atoms with E-state index < -0.39 is 11.9 Å². The van der Waals surface area contributed by atoms with Crippen molar-refractivity contribution in [2.75, 3.05) is 11.9 Å². The van der Waals surface area contributed by atoms with Crippen LogP contribution in [0.3, 0.4) is 0 Å². The fourth-order valence-corrected chi connectivity index (χ4v) is 2.63. The summed E-state index contributed by atoms with van der Waals surface area (Å²) in [5.41, 5.74) is -0.974. The van der Waals surface area contributed by atoms with Gasteiger partial charge >= 0.3 is 6.18 Å². The third-order valence-corrected chi connectivity index (χ3v) is 3.69. The van der Waals surface area contributed by atoms with Crippen molar-refractivity contribution in [3.63, 3.8) is 0 Å². The fraction of sp³-hybridized carbons (Fsp3) is 0.400. The van der Waals surface area contributed by atoms with Gasteiger partial charge < -0.3 is 5.32 Å². The Morgan fingerprint density at radius 3 is 2.75 bits per heavy atom. The number of hydrogen-bond donors (Lipinski definition) is 1. The highest BCUT2D eigenvalue weighted by Gasteiger charge is 2.33. The number of hydrogen-bond acceptors (Lipinski definition) is 7. The summed E-state index contributed by atoms with van der Waals surface area (Å²) in [5, 5.41) is 2.94. The second-order valence-corrected chi connectivity index (χ2v) is 5.70. The fourth-order valence-electron chi connectivity index (χ4n) is 1.24. The van der Waals surface area contributed by atoms with Gasteiger partial charge in [0.2, 0.25) is 5.95 Å². The van der Waals surface area contributed by atoms with E-state index in [1.807, 2.05) is 6.92 Å². The largest absolute Gasteiger partial charge is 0.433 e. The summed E-state index contributed by atoms with van der Waals surface area (Å²) >= 11 is 2.12. The number of rotatable bonds is 5. The predicted octanol–water partition coefficient (Wildman–Crippen LogP) is 3.32. The van der Waals surface area contributed by atoms with Crippen LogP contribution in [0.2, 0.25) is 0 Å². The molecule has 1 N–H and O–H groups in total. The highest BCUT2D eigenvalue weighted by molar-refractivity contribution is 8.00. The van der Waals surface area contributed by atoms with Gasteiger partial charge in [-0.2, -0.15) is 17.5 Å². The monoisotopic (exact) mass is 321 g/mol. The molecule has 108 valence electrons. The molecule has 0 radical (unpaired) electrons. The first-order valence-corrected chi connectivity index (χ1v) is 7.22. The van der Waals surface area contributed by atoms with Gasteiger partial charge in [-0.05, 0) is 29.7 Å². The molecule has 0 saturated heterocycles. The molecule has 5 nitrogen and oxygen atoms in total. The maximum absolute atomic E-state index is 12.8. The number of nitrogens with one attached hydrogen (secondary N) is 1. The van der Waals surface area contributed by atoms with Crippen molar-refractivity contribution < 1.29 is 13.2 Å². The summed E-state index contributed by atoms with van der Waals surface area (Å²) in [6.45, 7) is 2.40. The van der Waals surface area contributed by atoms with Gasteiger partial charge in [-0.25, -0.2) is 15.0 Å². The number of anilines is 1. The van der Waals surface area contributed by atoms with Crippen molar-refractivity contribution in [2.45, 2.75) is 28.9 Å². The molecule has 0 aliphatic carbocycles. The molecule has 0 spiro atoms. The lowest BCUT2D eigenvalue weighted by molar-refractivity contribution is -0.141. The third-order valence-electron chi connectivity index (χ3n) is 2.06. The Morgan fingerprint density at radius 2 is 2.15 bits per heavy atom. The Hall–Kier alpha value is -1.42. The van der Waals surface area contributed by atoms with E-state index in [9.17, 15) is 13.2 Å². The van der Waals surface area contributed by atoms with E-state index in [0.717, 1.165) is 35.8 Å². The van der Waals surface area contributed by atoms with Crippen molar-refractivity contribution in [3.8, 4) is 0 Å². The zero-order valence-corrected chi connectivity index (χ0v) is 11.9. The minimum absolute atomic E-state index is 0.0336. The lowest BCUT2D eigenvalue weighted by atomic mass is 10.4. The van der Waals surface area contributed by atoms with E-state index in [4.69, 9.17) is 0 Å². The van der Waals surface area contributed by atoms with Gasteiger partial charge in [-0.15, -0.1) is 0 Å². The molecule has 0 unspecified atom stereocenters. The van der Waals surface area contributed by atoms with Crippen LogP contribution in [-0.2, 0) is 6.18 Å². The standard InChI is InChI=1S/C10H10F3N5S2/c1-2-3-14-8-17-6(10(11,12)13)4-7(18-8)19-9-15-5-16-20-9/h4-5H,2-3H2,1H3,(H,14,17,18). The van der Waals surface area contributed by atoms with Gasteiger partial charge in [0.15, 0.2) is 10.0 Å². The number of nitrogens with zero attached hydrogens (tertiary/aromatic N) is 4. The van der Waals surface area contributed by atoms with Gasteiger partial charge in [0.1, 0.15) is 11.4 Å². The molecule has 0 fully saturated rings. The van der Waals surface area contributed by atoms with Crippen molar-refractivity contribution in [1.29, 1.82) is 0 Å². The SMILES string of the molecule is CCCNc1nc(Sc2ncns2)cc(C(F)(F)F)n1. The summed E-state index contributed by atoms with van der Waals surface area (Å²) in [7, 11) is 0. The Morgan fingerprint density at radius 1 is 1.35 bits per heavy atom. The van der Waals surface area contributed by atoms with Gasteiger partial charge in [0, 0.05) is 12.6 Å². The molecule has 0 amide bonds. The van der Waals surface area contributed by atoms with Crippen molar-refractivity contribution >= 4 is 29.2 Å². The molecule has 0 aromatic carbocycles. The molecule has 2 aromatic rings. The van der Waals surface area contributed by atoms with E-state index in [0.29, 0.717) is 10.9 Å². The van der Waals surface area contributed by atoms with Gasteiger partial charge in [-0.1, -0.05) is 6.92 Å². The number of halogens is 3. The van der Waals surface area contributed by atoms with Crippen LogP contribution in [-0.4, -0.2) is 25.9 Å². The molecule has 10 heteroatoms. The maximum Gasteiger partial charge on any atom is 0.433 e. The molecule has 2 heterocycles. The Balaban J connectivity index is 2.29. The van der Waals surface area contributed by atoms with Crippen LogP contribution in [0.1, 0.15) is 19.0 Å². The average molecular weight is 321 g/mol. The molecular weight excluding hydrogens is 311 g/mol. The van der Waals surface area contributed by atoms with E-state index in [-0.39, 0.29) is 11.0 Å². The molecule has 0 atom stereocenters. The van der Waals surface area contributed by atoms with E-state index in [1.54, 1.807) is 0 Å². The van der Waals surface area contributed by atoms with E-state index in [2.05, 4.69) is 24.6 Å². The zero-order valence-electron chi connectivity index (χ0n) is 10.3. The quantitative estimate of drug-likeness (QED) is 0.852. The minimum atomic E-state index is -4.51. The Bertz CT molecular complexity index is 559. The molecular formula is C10H10F3N5S2. The lowest BCUT2D eigenvalue weighted by Gasteiger charge is -2.10. The summed E-state index contributed by atoms with van der Waals surface area (Å²) in [6, 6.07) is 0.906. The summed E-state index contributed by atoms with van der Waals surface area (Å²) in [5.74, 6) is -0.0336. The van der Waals surface area contributed by atoms with Crippen LogP contribution in [0.15, 0.2) is 21.8 Å². The van der Waals surface area contributed by atoms with Crippen LogP contribution in [0.25, 0.3) is 0 Å². The van der Waals surface area contributed by atoms with Gasteiger partial charge in [-0.3, -0.25) is 0 Å². The normalized spacial score (nSPS) is 11.6. The second-order valence-electron chi connectivity index (χ2n) is 3.65. The molecule has 0 aliphatic heterocycles. The summed E-state index contributed by atoms with van der Waals surface area (Å²) < 4.78 is 42.7. The van der Waals surface area contributed by atoms with Crippen molar-refractivity contribution in [3.05, 3.63) is 18.1 Å². The molecule has 0 aliphatic rings. The number of aromatic nitrogens is 4. The smallest absolute Gasteiger partial charge is 0.354 e. The molecule has 0 bridgehead atoms. The van der Waals surface area contributed by atoms with E-state index in [1.165, 1.54) is 6.33 Å². The Kier molecular flexibility index (Phi) is 4.76. The van der Waals surface area contributed by atoms with E-state index >= 15 is 0 Å². The van der Waals surface area contributed by atoms with Gasteiger partial charge in [0.25, 0.3) is 0 Å². The van der Waals surface area contributed by atoms with Crippen LogP contribution in [0.4, 0.5) is 19.1 Å². The van der Waals surface area contributed by atoms with Crippen LogP contribution in [0, 0.1) is 0 Å². The third kappa shape index (κ3) is 4.04.